The van der Waals surface area contributed by atoms with Crippen LogP contribution in [0.4, 0.5) is 4.79 Å². The molecule has 0 bridgehead atoms. The Hall–Kier alpha value is -0.770. The molecule has 4 heteroatoms. The van der Waals surface area contributed by atoms with Crippen molar-refractivity contribution in [3.8, 4) is 0 Å². The highest BCUT2D eigenvalue weighted by atomic mass is 16.7. The maximum absolute atomic E-state index is 11.5. The molecule has 2 aliphatic rings. The van der Waals surface area contributed by atoms with Crippen molar-refractivity contribution in [3.63, 3.8) is 0 Å². The number of nitrogens with zero attached hydrogens (tertiary/aromatic N) is 2. The first-order valence-electron chi connectivity index (χ1n) is 5.47. The maximum atomic E-state index is 11.5. The minimum absolute atomic E-state index is 0.162. The zero-order valence-corrected chi connectivity index (χ0v) is 8.74. The van der Waals surface area contributed by atoms with Gasteiger partial charge in [-0.15, -0.1) is 5.06 Å². The molecule has 1 atom stereocenters. The van der Waals surface area contributed by atoms with E-state index in [-0.39, 0.29) is 6.09 Å². The third-order valence-corrected chi connectivity index (χ3v) is 2.94. The first-order valence-corrected chi connectivity index (χ1v) is 5.47. The molecule has 14 heavy (non-hydrogen) atoms. The van der Waals surface area contributed by atoms with Crippen LogP contribution in [0.2, 0.25) is 0 Å². The first kappa shape index (κ1) is 9.77. The van der Waals surface area contributed by atoms with E-state index in [9.17, 15) is 4.79 Å². The van der Waals surface area contributed by atoms with Gasteiger partial charge in [0.05, 0.1) is 0 Å². The van der Waals surface area contributed by atoms with Gasteiger partial charge in [0.2, 0.25) is 0 Å². The highest BCUT2D eigenvalue weighted by molar-refractivity contribution is 5.68. The maximum Gasteiger partial charge on any atom is 0.428 e. The summed E-state index contributed by atoms with van der Waals surface area (Å²) in [6.07, 6.45) is 3.34. The topological polar surface area (TPSA) is 32.8 Å². The van der Waals surface area contributed by atoms with Crippen molar-refractivity contribution < 1.29 is 9.63 Å². The summed E-state index contributed by atoms with van der Waals surface area (Å²) in [4.78, 5) is 18.5. The zero-order chi connectivity index (χ0) is 9.97. The largest absolute Gasteiger partial charge is 0.428 e. The van der Waals surface area contributed by atoms with Gasteiger partial charge < -0.3 is 9.74 Å². The molecule has 1 unspecified atom stereocenters. The summed E-state index contributed by atoms with van der Waals surface area (Å²) in [5, 5.41) is 1.81. The van der Waals surface area contributed by atoms with Crippen molar-refractivity contribution >= 4 is 6.09 Å². The van der Waals surface area contributed by atoms with Crippen molar-refractivity contribution in [1.82, 2.24) is 9.96 Å². The monoisotopic (exact) mass is 198 g/mol. The van der Waals surface area contributed by atoms with E-state index >= 15 is 0 Å². The van der Waals surface area contributed by atoms with Crippen LogP contribution in [0.5, 0.6) is 0 Å². The van der Waals surface area contributed by atoms with Crippen molar-refractivity contribution in [2.75, 3.05) is 26.2 Å². The van der Waals surface area contributed by atoms with Gasteiger partial charge in [0, 0.05) is 26.2 Å². The Morgan fingerprint density at radius 3 is 2.64 bits per heavy atom. The summed E-state index contributed by atoms with van der Waals surface area (Å²) in [6.45, 7) is 5.71. The van der Waals surface area contributed by atoms with E-state index in [4.69, 9.17) is 4.84 Å². The minimum Gasteiger partial charge on any atom is -0.351 e. The second-order valence-electron chi connectivity index (χ2n) is 4.33. The first-order chi connectivity index (χ1) is 6.75. The molecule has 2 heterocycles. The number of rotatable bonds is 1. The number of amides is 1. The Kier molecular flexibility index (Phi) is 2.91. The second-order valence-corrected chi connectivity index (χ2v) is 4.33. The van der Waals surface area contributed by atoms with E-state index in [0.29, 0.717) is 5.92 Å². The molecule has 4 nitrogen and oxygen atoms in total. The number of hydroxylamine groups is 2. The minimum atomic E-state index is -0.162. The van der Waals surface area contributed by atoms with E-state index in [0.717, 1.165) is 39.0 Å². The van der Waals surface area contributed by atoms with Crippen LogP contribution in [0.25, 0.3) is 0 Å². The third-order valence-electron chi connectivity index (χ3n) is 2.94. The van der Waals surface area contributed by atoms with E-state index in [1.807, 2.05) is 5.06 Å². The van der Waals surface area contributed by atoms with Gasteiger partial charge in [0.15, 0.2) is 0 Å². The van der Waals surface area contributed by atoms with Gasteiger partial charge in [0.1, 0.15) is 0 Å². The van der Waals surface area contributed by atoms with Crippen LogP contribution in [0.1, 0.15) is 26.2 Å². The molecule has 2 fully saturated rings. The molecule has 0 radical (unpaired) electrons. The summed E-state index contributed by atoms with van der Waals surface area (Å²) in [6, 6.07) is 0. The fourth-order valence-corrected chi connectivity index (χ4v) is 1.90. The number of hydrogen-bond acceptors (Lipinski definition) is 3. The van der Waals surface area contributed by atoms with Gasteiger partial charge in [-0.25, -0.2) is 4.79 Å². The van der Waals surface area contributed by atoms with Gasteiger partial charge in [-0.3, -0.25) is 0 Å². The van der Waals surface area contributed by atoms with Gasteiger partial charge in [-0.05, 0) is 25.2 Å². The van der Waals surface area contributed by atoms with Crippen LogP contribution in [0.3, 0.4) is 0 Å². The lowest BCUT2D eigenvalue weighted by molar-refractivity contribution is -0.135. The van der Waals surface area contributed by atoms with Crippen molar-refractivity contribution in [2.24, 2.45) is 5.92 Å². The molecule has 0 aromatic rings. The fraction of sp³-hybridized carbons (Fsp3) is 0.900. The van der Waals surface area contributed by atoms with Crippen LogP contribution in [-0.4, -0.2) is 42.2 Å². The van der Waals surface area contributed by atoms with Gasteiger partial charge in [-0.2, -0.15) is 0 Å². The zero-order valence-electron chi connectivity index (χ0n) is 8.74. The molecule has 0 aromatic carbocycles. The number of carbonyl (C=O) groups is 1. The summed E-state index contributed by atoms with van der Waals surface area (Å²) in [7, 11) is 0. The highest BCUT2D eigenvalue weighted by Gasteiger charge is 2.26. The van der Waals surface area contributed by atoms with E-state index in [2.05, 4.69) is 6.92 Å². The SMILES string of the molecule is CC1CCCN(OC(=O)N2CCC2)C1. The lowest BCUT2D eigenvalue weighted by Gasteiger charge is -2.34. The molecule has 2 saturated heterocycles. The summed E-state index contributed by atoms with van der Waals surface area (Å²) in [5.74, 6) is 0.646. The summed E-state index contributed by atoms with van der Waals surface area (Å²) < 4.78 is 0. The lowest BCUT2D eigenvalue weighted by atomic mass is 10.0. The quantitative estimate of drug-likeness (QED) is 0.639. The Morgan fingerprint density at radius 2 is 2.07 bits per heavy atom. The second kappa shape index (κ2) is 4.17. The van der Waals surface area contributed by atoms with Crippen molar-refractivity contribution in [3.05, 3.63) is 0 Å². The summed E-state index contributed by atoms with van der Waals surface area (Å²) in [5.41, 5.74) is 0. The molecular formula is C10H18N2O2. The molecule has 0 aromatic heterocycles. The van der Waals surface area contributed by atoms with Crippen molar-refractivity contribution in [2.45, 2.75) is 26.2 Å². The number of hydrogen-bond donors (Lipinski definition) is 0. The Balaban J connectivity index is 1.75. The highest BCUT2D eigenvalue weighted by Crippen LogP contribution is 2.17. The molecule has 0 N–H and O–H groups in total. The predicted octanol–water partition coefficient (Wildman–Crippen LogP) is 1.48. The molecule has 1 amide bonds. The number of carbonyl (C=O) groups excluding carboxylic acids is 1. The fourth-order valence-electron chi connectivity index (χ4n) is 1.90. The van der Waals surface area contributed by atoms with Crippen LogP contribution >= 0.6 is 0 Å². The van der Waals surface area contributed by atoms with Crippen LogP contribution in [-0.2, 0) is 4.84 Å². The normalized spacial score (nSPS) is 28.4. The Labute approximate surface area is 84.8 Å². The molecule has 0 spiro atoms. The smallest absolute Gasteiger partial charge is 0.351 e. The molecule has 0 aliphatic carbocycles. The van der Waals surface area contributed by atoms with Gasteiger partial charge in [-0.1, -0.05) is 6.92 Å². The Bertz CT molecular complexity index is 216. The number of likely N-dealkylation sites (tertiary alicyclic amines) is 1. The van der Waals surface area contributed by atoms with Crippen LogP contribution in [0.15, 0.2) is 0 Å². The average molecular weight is 198 g/mol. The van der Waals surface area contributed by atoms with E-state index < -0.39 is 0 Å². The van der Waals surface area contributed by atoms with Crippen LogP contribution < -0.4 is 0 Å². The Morgan fingerprint density at radius 1 is 1.29 bits per heavy atom. The van der Waals surface area contributed by atoms with E-state index in [1.165, 1.54) is 6.42 Å². The van der Waals surface area contributed by atoms with Gasteiger partial charge >= 0.3 is 6.09 Å². The van der Waals surface area contributed by atoms with E-state index in [1.54, 1.807) is 4.90 Å². The van der Waals surface area contributed by atoms with Crippen LogP contribution in [0, 0.1) is 5.92 Å². The molecular weight excluding hydrogens is 180 g/mol. The molecule has 2 aliphatic heterocycles. The van der Waals surface area contributed by atoms with Gasteiger partial charge in [0.25, 0.3) is 0 Å². The standard InChI is InChI=1S/C10H18N2O2/c1-9-4-2-7-12(8-9)14-10(13)11-5-3-6-11/h9H,2-8H2,1H3. The molecule has 2 rings (SSSR count). The number of piperidine rings is 1. The molecule has 80 valence electrons. The molecule has 0 saturated carbocycles. The lowest BCUT2D eigenvalue weighted by Crippen LogP contribution is -2.46. The predicted molar refractivity (Wildman–Crippen MR) is 52.6 cm³/mol. The summed E-state index contributed by atoms with van der Waals surface area (Å²) >= 11 is 0. The third kappa shape index (κ3) is 2.18. The van der Waals surface area contributed by atoms with Crippen molar-refractivity contribution in [1.29, 1.82) is 0 Å². The average Bonchev–Trinajstić information content (AvgIpc) is 1.99.